The van der Waals surface area contributed by atoms with Crippen molar-refractivity contribution < 1.29 is 0 Å². The molecular formula is C14H12N4S3. The fraction of sp³-hybridized carbons (Fsp3) is 0.143. The molecular weight excluding hydrogens is 320 g/mol. The van der Waals surface area contributed by atoms with E-state index in [-0.39, 0.29) is 0 Å². The minimum absolute atomic E-state index is 0.797. The van der Waals surface area contributed by atoms with Crippen LogP contribution in [0.5, 0.6) is 0 Å². The molecule has 4 nitrogen and oxygen atoms in total. The Hall–Kier alpha value is -1.41. The fourth-order valence-corrected chi connectivity index (χ4v) is 5.09. The minimum atomic E-state index is 0.797. The standard InChI is InChI=1S/C14H12N4S3/c1-15-8-10-12(17-13-18(10)6-7-19-13)21-14-16-9-4-2-3-5-11(9)20-14/h2-7,15H,8H2,1H3. The lowest BCUT2D eigenvalue weighted by molar-refractivity contribution is 0.765. The van der Waals surface area contributed by atoms with Crippen LogP contribution in [0.1, 0.15) is 5.69 Å². The highest BCUT2D eigenvalue weighted by Gasteiger charge is 2.15. The zero-order valence-electron chi connectivity index (χ0n) is 11.2. The van der Waals surface area contributed by atoms with Crippen LogP contribution in [0.25, 0.3) is 15.2 Å². The molecule has 0 aliphatic heterocycles. The van der Waals surface area contributed by atoms with E-state index in [1.54, 1.807) is 34.4 Å². The summed E-state index contributed by atoms with van der Waals surface area (Å²) in [6.07, 6.45) is 2.07. The molecule has 0 unspecified atom stereocenters. The van der Waals surface area contributed by atoms with E-state index in [0.717, 1.165) is 26.4 Å². The highest BCUT2D eigenvalue weighted by Crippen LogP contribution is 2.36. The molecule has 1 N–H and O–H groups in total. The lowest BCUT2D eigenvalue weighted by atomic mass is 10.3. The maximum Gasteiger partial charge on any atom is 0.194 e. The van der Waals surface area contributed by atoms with Gasteiger partial charge in [-0.05, 0) is 30.9 Å². The monoisotopic (exact) mass is 332 g/mol. The maximum atomic E-state index is 4.73. The van der Waals surface area contributed by atoms with Crippen molar-refractivity contribution >= 4 is 49.6 Å². The summed E-state index contributed by atoms with van der Waals surface area (Å²) in [5.41, 5.74) is 2.25. The van der Waals surface area contributed by atoms with Crippen LogP contribution in [-0.2, 0) is 6.54 Å². The second-order valence-electron chi connectivity index (χ2n) is 4.50. The second kappa shape index (κ2) is 5.42. The van der Waals surface area contributed by atoms with Crippen LogP contribution in [0.3, 0.4) is 0 Å². The van der Waals surface area contributed by atoms with Crippen LogP contribution in [0.2, 0.25) is 0 Å². The smallest absolute Gasteiger partial charge is 0.194 e. The molecule has 0 amide bonds. The molecule has 4 aromatic rings. The number of benzene rings is 1. The molecule has 0 atom stereocenters. The molecule has 7 heteroatoms. The maximum absolute atomic E-state index is 4.73. The molecule has 4 rings (SSSR count). The van der Waals surface area contributed by atoms with E-state index in [9.17, 15) is 0 Å². The minimum Gasteiger partial charge on any atom is -0.314 e. The summed E-state index contributed by atoms with van der Waals surface area (Å²) in [7, 11) is 1.96. The van der Waals surface area contributed by atoms with Gasteiger partial charge in [0.05, 0.1) is 15.9 Å². The van der Waals surface area contributed by atoms with Gasteiger partial charge in [-0.3, -0.25) is 4.40 Å². The summed E-state index contributed by atoms with van der Waals surface area (Å²) < 4.78 is 4.41. The Morgan fingerprint density at radius 1 is 1.29 bits per heavy atom. The number of hydrogen-bond donors (Lipinski definition) is 1. The Morgan fingerprint density at radius 3 is 3.05 bits per heavy atom. The quantitative estimate of drug-likeness (QED) is 0.616. The first-order valence-corrected chi connectivity index (χ1v) is 8.99. The zero-order chi connectivity index (χ0) is 14.2. The highest BCUT2D eigenvalue weighted by molar-refractivity contribution is 8.01. The molecule has 3 aromatic heterocycles. The van der Waals surface area contributed by atoms with Crippen LogP contribution in [0.4, 0.5) is 0 Å². The van der Waals surface area contributed by atoms with Crippen molar-refractivity contribution in [2.24, 2.45) is 0 Å². The van der Waals surface area contributed by atoms with Crippen LogP contribution >= 0.6 is 34.4 Å². The number of hydrogen-bond acceptors (Lipinski definition) is 6. The molecule has 0 aliphatic carbocycles. The summed E-state index contributed by atoms with van der Waals surface area (Å²) in [5.74, 6) is 0. The predicted octanol–water partition coefficient (Wildman–Crippen LogP) is 3.88. The van der Waals surface area contributed by atoms with Crippen LogP contribution in [0, 0.1) is 0 Å². The lowest BCUT2D eigenvalue weighted by Crippen LogP contribution is -2.07. The fourth-order valence-electron chi connectivity index (χ4n) is 2.20. The van der Waals surface area contributed by atoms with E-state index >= 15 is 0 Å². The number of thiazole rings is 2. The van der Waals surface area contributed by atoms with Crippen molar-refractivity contribution in [2.75, 3.05) is 7.05 Å². The molecule has 0 spiro atoms. The van der Waals surface area contributed by atoms with Gasteiger partial charge in [0.25, 0.3) is 0 Å². The van der Waals surface area contributed by atoms with Gasteiger partial charge in [0, 0.05) is 18.1 Å². The molecule has 0 fully saturated rings. The summed E-state index contributed by atoms with van der Waals surface area (Å²) in [6.45, 7) is 0.797. The van der Waals surface area contributed by atoms with Crippen molar-refractivity contribution in [3.8, 4) is 0 Å². The van der Waals surface area contributed by atoms with E-state index in [0.29, 0.717) is 0 Å². The van der Waals surface area contributed by atoms with Gasteiger partial charge >= 0.3 is 0 Å². The Kier molecular flexibility index (Phi) is 3.42. The van der Waals surface area contributed by atoms with Gasteiger partial charge in [-0.1, -0.05) is 12.1 Å². The van der Waals surface area contributed by atoms with E-state index in [4.69, 9.17) is 4.98 Å². The number of nitrogens with one attached hydrogen (secondary N) is 1. The number of imidazole rings is 1. The lowest BCUT2D eigenvalue weighted by Gasteiger charge is -2.00. The highest BCUT2D eigenvalue weighted by atomic mass is 32.2. The number of nitrogens with zero attached hydrogens (tertiary/aromatic N) is 3. The summed E-state index contributed by atoms with van der Waals surface area (Å²) in [5, 5.41) is 6.32. The summed E-state index contributed by atoms with van der Waals surface area (Å²) >= 11 is 5.03. The Labute approximate surface area is 133 Å². The molecule has 106 valence electrons. The summed E-state index contributed by atoms with van der Waals surface area (Å²) in [6, 6.07) is 8.23. The van der Waals surface area contributed by atoms with E-state index in [1.807, 2.05) is 19.2 Å². The zero-order valence-corrected chi connectivity index (χ0v) is 13.7. The number of para-hydroxylation sites is 1. The first-order chi connectivity index (χ1) is 10.3. The van der Waals surface area contributed by atoms with Crippen LogP contribution < -0.4 is 5.32 Å². The Bertz CT molecular complexity index is 872. The molecule has 0 bridgehead atoms. The number of rotatable bonds is 4. The van der Waals surface area contributed by atoms with Crippen molar-refractivity contribution in [3.05, 3.63) is 41.5 Å². The Morgan fingerprint density at radius 2 is 2.19 bits per heavy atom. The van der Waals surface area contributed by atoms with E-state index in [2.05, 4.69) is 38.4 Å². The third-order valence-corrected chi connectivity index (χ3v) is 6.00. The average Bonchev–Trinajstić information content (AvgIpc) is 3.15. The SMILES string of the molecule is CNCc1c(Sc2nc3ccccc3s2)nc2sccn12. The van der Waals surface area contributed by atoms with Gasteiger partial charge in [0.1, 0.15) is 5.03 Å². The third kappa shape index (κ3) is 2.36. The molecule has 0 radical (unpaired) electrons. The molecule has 0 saturated carbocycles. The molecule has 3 heterocycles. The van der Waals surface area contributed by atoms with Gasteiger partial charge in [-0.15, -0.1) is 22.7 Å². The van der Waals surface area contributed by atoms with E-state index in [1.165, 1.54) is 10.4 Å². The van der Waals surface area contributed by atoms with Gasteiger partial charge in [0.2, 0.25) is 0 Å². The molecule has 0 aliphatic rings. The third-order valence-electron chi connectivity index (χ3n) is 3.13. The van der Waals surface area contributed by atoms with Crippen LogP contribution in [0.15, 0.2) is 45.2 Å². The first kappa shape index (κ1) is 13.3. The van der Waals surface area contributed by atoms with Gasteiger partial charge in [-0.25, -0.2) is 9.97 Å². The molecule has 21 heavy (non-hydrogen) atoms. The van der Waals surface area contributed by atoms with E-state index < -0.39 is 0 Å². The predicted molar refractivity (Wildman–Crippen MR) is 89.6 cm³/mol. The number of aromatic nitrogens is 3. The number of fused-ring (bicyclic) bond motifs is 2. The van der Waals surface area contributed by atoms with Gasteiger partial charge in [0.15, 0.2) is 9.30 Å². The normalized spacial score (nSPS) is 11.7. The van der Waals surface area contributed by atoms with Crippen molar-refractivity contribution in [3.63, 3.8) is 0 Å². The topological polar surface area (TPSA) is 42.2 Å². The Balaban J connectivity index is 1.75. The largest absolute Gasteiger partial charge is 0.314 e. The van der Waals surface area contributed by atoms with Crippen molar-refractivity contribution in [2.45, 2.75) is 15.9 Å². The van der Waals surface area contributed by atoms with Crippen molar-refractivity contribution in [1.29, 1.82) is 0 Å². The second-order valence-corrected chi connectivity index (χ2v) is 7.64. The summed E-state index contributed by atoms with van der Waals surface area (Å²) in [4.78, 5) is 10.4. The van der Waals surface area contributed by atoms with Gasteiger partial charge < -0.3 is 5.32 Å². The van der Waals surface area contributed by atoms with Crippen LogP contribution in [-0.4, -0.2) is 21.4 Å². The van der Waals surface area contributed by atoms with Crippen molar-refractivity contribution in [1.82, 2.24) is 19.7 Å². The first-order valence-electron chi connectivity index (χ1n) is 6.47. The molecule has 1 aromatic carbocycles. The molecule has 0 saturated heterocycles. The average molecular weight is 332 g/mol. The van der Waals surface area contributed by atoms with Gasteiger partial charge in [-0.2, -0.15) is 0 Å².